The summed E-state index contributed by atoms with van der Waals surface area (Å²) in [5.41, 5.74) is 0. The van der Waals surface area contributed by atoms with Gasteiger partial charge in [-0.25, -0.2) is 0 Å². The van der Waals surface area contributed by atoms with Crippen molar-refractivity contribution in [2.45, 2.75) is 51.9 Å². The highest BCUT2D eigenvalue weighted by atomic mass is 16.5. The normalized spacial score (nSPS) is 10.6. The van der Waals surface area contributed by atoms with Gasteiger partial charge in [-0.3, -0.25) is 4.79 Å². The van der Waals surface area contributed by atoms with E-state index in [1.165, 1.54) is 19.3 Å². The molecule has 0 rings (SSSR count). The quantitative estimate of drug-likeness (QED) is 0.377. The minimum absolute atomic E-state index is 0.110. The first-order valence-electron chi connectivity index (χ1n) is 7.03. The fourth-order valence-corrected chi connectivity index (χ4v) is 1.53. The Balaban J connectivity index is 3.12. The minimum atomic E-state index is -0.110. The van der Waals surface area contributed by atoms with Crippen LogP contribution in [0.1, 0.15) is 51.9 Å². The van der Waals surface area contributed by atoms with Crippen molar-refractivity contribution in [2.24, 2.45) is 0 Å². The fraction of sp³-hybridized carbons (Fsp3) is 0.929. The zero-order valence-electron chi connectivity index (χ0n) is 11.9. The molecule has 0 bridgehead atoms. The van der Waals surface area contributed by atoms with Gasteiger partial charge in [0.05, 0.1) is 19.8 Å². The summed E-state index contributed by atoms with van der Waals surface area (Å²) >= 11 is 0. The Bertz CT molecular complexity index is 165. The highest BCUT2D eigenvalue weighted by Gasteiger charge is 2.02. The molecule has 0 saturated carbocycles. The summed E-state index contributed by atoms with van der Waals surface area (Å²) in [6, 6.07) is 0. The first-order chi connectivity index (χ1) is 8.81. The van der Waals surface area contributed by atoms with Gasteiger partial charge in [-0.2, -0.15) is 0 Å². The lowest BCUT2D eigenvalue weighted by Crippen LogP contribution is -2.08. The van der Waals surface area contributed by atoms with Crippen LogP contribution in [0.3, 0.4) is 0 Å². The molecular weight excluding hydrogens is 232 g/mol. The lowest BCUT2D eigenvalue weighted by molar-refractivity contribution is -0.144. The van der Waals surface area contributed by atoms with Crippen LogP contribution >= 0.6 is 0 Å². The van der Waals surface area contributed by atoms with E-state index in [1.54, 1.807) is 7.11 Å². The third-order valence-electron chi connectivity index (χ3n) is 2.61. The molecule has 0 aromatic carbocycles. The monoisotopic (exact) mass is 260 g/mol. The van der Waals surface area contributed by atoms with Crippen molar-refractivity contribution in [2.75, 3.05) is 33.5 Å². The average molecular weight is 260 g/mol. The molecule has 0 aliphatic rings. The van der Waals surface area contributed by atoms with Crippen LogP contribution in [0.5, 0.6) is 0 Å². The van der Waals surface area contributed by atoms with E-state index >= 15 is 0 Å². The van der Waals surface area contributed by atoms with E-state index in [2.05, 4.69) is 6.92 Å². The number of rotatable bonds is 13. The summed E-state index contributed by atoms with van der Waals surface area (Å²) in [5.74, 6) is -0.110. The predicted molar refractivity (Wildman–Crippen MR) is 71.6 cm³/mol. The van der Waals surface area contributed by atoms with Crippen LogP contribution < -0.4 is 0 Å². The van der Waals surface area contributed by atoms with Gasteiger partial charge < -0.3 is 14.2 Å². The molecule has 0 unspecified atom stereocenters. The molecule has 0 saturated heterocycles. The van der Waals surface area contributed by atoms with Crippen LogP contribution in [-0.2, 0) is 19.0 Å². The molecule has 0 amide bonds. The van der Waals surface area contributed by atoms with E-state index < -0.39 is 0 Å². The Labute approximate surface area is 111 Å². The third kappa shape index (κ3) is 13.5. The molecule has 0 fully saturated rings. The molecule has 0 radical (unpaired) electrons. The first kappa shape index (κ1) is 17.4. The van der Waals surface area contributed by atoms with E-state index in [9.17, 15) is 4.79 Å². The summed E-state index contributed by atoms with van der Waals surface area (Å²) in [6.07, 6.45) is 7.05. The molecule has 108 valence electrons. The summed E-state index contributed by atoms with van der Waals surface area (Å²) in [7, 11) is 1.64. The minimum Gasteiger partial charge on any atom is -0.466 e. The smallest absolute Gasteiger partial charge is 0.305 e. The molecule has 18 heavy (non-hydrogen) atoms. The lowest BCUT2D eigenvalue weighted by Gasteiger charge is -2.05. The SMILES string of the molecule is CCCCCCCOC(=O)CCCOCCOC. The fourth-order valence-electron chi connectivity index (χ4n) is 1.53. The zero-order chi connectivity index (χ0) is 13.5. The maximum atomic E-state index is 11.3. The average Bonchev–Trinajstić information content (AvgIpc) is 2.38. The summed E-state index contributed by atoms with van der Waals surface area (Å²) < 4.78 is 15.2. The van der Waals surface area contributed by atoms with Crippen LogP contribution in [0.2, 0.25) is 0 Å². The van der Waals surface area contributed by atoms with Gasteiger partial charge in [0.15, 0.2) is 0 Å². The first-order valence-corrected chi connectivity index (χ1v) is 7.03. The lowest BCUT2D eigenvalue weighted by atomic mass is 10.2. The Morgan fingerprint density at radius 1 is 0.889 bits per heavy atom. The topological polar surface area (TPSA) is 44.8 Å². The molecule has 0 N–H and O–H groups in total. The van der Waals surface area contributed by atoms with Crippen LogP contribution in [0.15, 0.2) is 0 Å². The summed E-state index contributed by atoms with van der Waals surface area (Å²) in [6.45, 7) is 4.53. The number of carbonyl (C=O) groups is 1. The maximum Gasteiger partial charge on any atom is 0.305 e. The molecule has 0 atom stereocenters. The van der Waals surface area contributed by atoms with Crippen LogP contribution in [-0.4, -0.2) is 39.5 Å². The predicted octanol–water partition coefficient (Wildman–Crippen LogP) is 2.94. The van der Waals surface area contributed by atoms with Crippen molar-refractivity contribution in [3.8, 4) is 0 Å². The molecule has 0 aromatic heterocycles. The van der Waals surface area contributed by atoms with Crippen molar-refractivity contribution >= 4 is 5.97 Å². The summed E-state index contributed by atoms with van der Waals surface area (Å²) in [5, 5.41) is 0. The Hall–Kier alpha value is -0.610. The van der Waals surface area contributed by atoms with E-state index in [0.717, 1.165) is 19.3 Å². The van der Waals surface area contributed by atoms with Gasteiger partial charge in [-0.15, -0.1) is 0 Å². The second-order valence-corrected chi connectivity index (χ2v) is 4.34. The van der Waals surface area contributed by atoms with E-state index in [0.29, 0.717) is 32.8 Å². The Kier molecular flexibility index (Phi) is 14.0. The molecule has 0 aliphatic heterocycles. The van der Waals surface area contributed by atoms with E-state index in [1.807, 2.05) is 0 Å². The van der Waals surface area contributed by atoms with Gasteiger partial charge in [-0.1, -0.05) is 32.6 Å². The largest absolute Gasteiger partial charge is 0.466 e. The summed E-state index contributed by atoms with van der Waals surface area (Å²) in [4.78, 5) is 11.3. The van der Waals surface area contributed by atoms with Gasteiger partial charge in [0.2, 0.25) is 0 Å². The number of carbonyl (C=O) groups excluding carboxylic acids is 1. The Morgan fingerprint density at radius 2 is 1.67 bits per heavy atom. The molecule has 0 aliphatic carbocycles. The number of esters is 1. The van der Waals surface area contributed by atoms with Gasteiger partial charge in [-0.05, 0) is 12.8 Å². The molecule has 0 heterocycles. The number of methoxy groups -OCH3 is 1. The molecule has 4 heteroatoms. The van der Waals surface area contributed by atoms with Crippen molar-refractivity contribution in [3.63, 3.8) is 0 Å². The number of hydrogen-bond donors (Lipinski definition) is 0. The molecule has 0 aromatic rings. The second-order valence-electron chi connectivity index (χ2n) is 4.34. The van der Waals surface area contributed by atoms with Crippen LogP contribution in [0.4, 0.5) is 0 Å². The van der Waals surface area contributed by atoms with Gasteiger partial charge in [0, 0.05) is 20.1 Å². The van der Waals surface area contributed by atoms with Crippen LogP contribution in [0.25, 0.3) is 0 Å². The maximum absolute atomic E-state index is 11.3. The van der Waals surface area contributed by atoms with Crippen LogP contribution in [0, 0.1) is 0 Å². The second kappa shape index (κ2) is 14.5. The number of unbranched alkanes of at least 4 members (excludes halogenated alkanes) is 4. The molecular formula is C14H28O4. The van der Waals surface area contributed by atoms with Gasteiger partial charge in [0.1, 0.15) is 0 Å². The van der Waals surface area contributed by atoms with E-state index in [-0.39, 0.29) is 5.97 Å². The van der Waals surface area contributed by atoms with Gasteiger partial charge in [0.25, 0.3) is 0 Å². The zero-order valence-corrected chi connectivity index (χ0v) is 11.9. The Morgan fingerprint density at radius 3 is 2.39 bits per heavy atom. The van der Waals surface area contributed by atoms with Gasteiger partial charge >= 0.3 is 5.97 Å². The number of hydrogen-bond acceptors (Lipinski definition) is 4. The third-order valence-corrected chi connectivity index (χ3v) is 2.61. The van der Waals surface area contributed by atoms with Crippen molar-refractivity contribution in [3.05, 3.63) is 0 Å². The number of ether oxygens (including phenoxy) is 3. The van der Waals surface area contributed by atoms with Crippen molar-refractivity contribution in [1.82, 2.24) is 0 Å². The standard InChI is InChI=1S/C14H28O4/c1-3-4-5-6-7-11-18-14(15)9-8-10-17-13-12-16-2/h3-13H2,1-2H3. The molecule has 4 nitrogen and oxygen atoms in total. The highest BCUT2D eigenvalue weighted by molar-refractivity contribution is 5.69. The highest BCUT2D eigenvalue weighted by Crippen LogP contribution is 2.03. The van der Waals surface area contributed by atoms with Crippen molar-refractivity contribution < 1.29 is 19.0 Å². The molecule has 0 spiro atoms. The van der Waals surface area contributed by atoms with E-state index in [4.69, 9.17) is 14.2 Å². The van der Waals surface area contributed by atoms with Crippen molar-refractivity contribution in [1.29, 1.82) is 0 Å².